The van der Waals surface area contributed by atoms with Gasteiger partial charge in [0.1, 0.15) is 11.1 Å². The van der Waals surface area contributed by atoms with Crippen LogP contribution in [-0.2, 0) is 14.9 Å². The van der Waals surface area contributed by atoms with Crippen LogP contribution in [0.15, 0.2) is 5.38 Å². The highest BCUT2D eigenvalue weighted by Crippen LogP contribution is 2.36. The molecule has 0 radical (unpaired) electrons. The summed E-state index contributed by atoms with van der Waals surface area (Å²) < 4.78 is 5.60. The average Bonchev–Trinajstić information content (AvgIpc) is 3.17. The number of hydrogen-bond donors (Lipinski definition) is 0. The lowest BCUT2D eigenvalue weighted by Crippen LogP contribution is -2.43. The molecule has 0 aromatic carbocycles. The van der Waals surface area contributed by atoms with Crippen molar-refractivity contribution in [2.45, 2.75) is 70.4 Å². The Kier molecular flexibility index (Phi) is 4.55. The van der Waals surface area contributed by atoms with Gasteiger partial charge in [0, 0.05) is 23.9 Å². The van der Waals surface area contributed by atoms with E-state index in [2.05, 4.69) is 26.2 Å². The predicted octanol–water partition coefficient (Wildman–Crippen LogP) is 3.67. The maximum atomic E-state index is 12.8. The molecule has 5 heteroatoms. The summed E-state index contributed by atoms with van der Waals surface area (Å²) in [4.78, 5) is 19.6. The second-order valence-electron chi connectivity index (χ2n) is 7.37. The van der Waals surface area contributed by atoms with Gasteiger partial charge in [-0.15, -0.1) is 11.3 Å². The molecule has 0 saturated carbocycles. The standard InChI is InChI=1S/C17H26N2O2S/c1-17(2,3)14-11-22-15(18-14)12-7-4-5-9-19(12)16(20)13-8-6-10-21-13/h11-13H,4-10H2,1-3H3/t12-,13+/m1/s1. The van der Waals surface area contributed by atoms with Crippen LogP contribution in [0.3, 0.4) is 0 Å². The van der Waals surface area contributed by atoms with Crippen LogP contribution < -0.4 is 0 Å². The quantitative estimate of drug-likeness (QED) is 0.834. The van der Waals surface area contributed by atoms with Gasteiger partial charge in [-0.05, 0) is 32.1 Å². The molecule has 22 heavy (non-hydrogen) atoms. The molecule has 3 rings (SSSR count). The van der Waals surface area contributed by atoms with E-state index in [1.807, 2.05) is 4.90 Å². The SMILES string of the molecule is CC(C)(C)c1csc([C@H]2CCCCN2C(=O)[C@@H]2CCCO2)n1. The zero-order valence-electron chi connectivity index (χ0n) is 13.8. The lowest BCUT2D eigenvalue weighted by Gasteiger charge is -2.36. The van der Waals surface area contributed by atoms with Gasteiger partial charge in [0.25, 0.3) is 5.91 Å². The van der Waals surface area contributed by atoms with E-state index >= 15 is 0 Å². The topological polar surface area (TPSA) is 42.4 Å². The highest BCUT2D eigenvalue weighted by atomic mass is 32.1. The second-order valence-corrected chi connectivity index (χ2v) is 8.26. The lowest BCUT2D eigenvalue weighted by atomic mass is 9.93. The van der Waals surface area contributed by atoms with E-state index in [1.54, 1.807) is 11.3 Å². The fourth-order valence-corrected chi connectivity index (χ4v) is 4.39. The van der Waals surface area contributed by atoms with Gasteiger partial charge >= 0.3 is 0 Å². The molecule has 2 fully saturated rings. The summed E-state index contributed by atoms with van der Waals surface area (Å²) in [5.74, 6) is 0.176. The Morgan fingerprint density at radius 2 is 2.14 bits per heavy atom. The van der Waals surface area contributed by atoms with Gasteiger partial charge in [0.15, 0.2) is 0 Å². The summed E-state index contributed by atoms with van der Waals surface area (Å²) in [5, 5.41) is 3.24. The molecule has 2 saturated heterocycles. The third-order valence-corrected chi connectivity index (χ3v) is 5.51. The summed E-state index contributed by atoms with van der Waals surface area (Å²) >= 11 is 1.70. The minimum Gasteiger partial charge on any atom is -0.368 e. The molecule has 0 unspecified atom stereocenters. The first kappa shape index (κ1) is 15.9. The minimum atomic E-state index is -0.220. The molecular formula is C17H26N2O2S. The summed E-state index contributed by atoms with van der Waals surface area (Å²) in [6.07, 6.45) is 4.93. The number of carbonyl (C=O) groups excluding carboxylic acids is 1. The molecule has 0 aliphatic carbocycles. The Bertz CT molecular complexity index is 529. The maximum absolute atomic E-state index is 12.8. The van der Waals surface area contributed by atoms with Crippen molar-refractivity contribution in [1.29, 1.82) is 0 Å². The molecule has 3 heterocycles. The monoisotopic (exact) mass is 322 g/mol. The van der Waals surface area contributed by atoms with Crippen molar-refractivity contribution in [2.24, 2.45) is 0 Å². The van der Waals surface area contributed by atoms with E-state index in [4.69, 9.17) is 9.72 Å². The largest absolute Gasteiger partial charge is 0.368 e. The number of aromatic nitrogens is 1. The molecule has 2 aliphatic heterocycles. The van der Waals surface area contributed by atoms with E-state index < -0.39 is 0 Å². The van der Waals surface area contributed by atoms with Gasteiger partial charge < -0.3 is 9.64 Å². The van der Waals surface area contributed by atoms with E-state index in [9.17, 15) is 4.79 Å². The Hall–Kier alpha value is -0.940. The number of nitrogens with zero attached hydrogens (tertiary/aromatic N) is 2. The molecule has 1 aromatic heterocycles. The molecule has 0 spiro atoms. The molecule has 2 aliphatic rings. The zero-order valence-corrected chi connectivity index (χ0v) is 14.6. The Labute approximate surface area is 136 Å². The van der Waals surface area contributed by atoms with Crippen molar-refractivity contribution in [3.8, 4) is 0 Å². The molecule has 2 atom stereocenters. The highest BCUT2D eigenvalue weighted by molar-refractivity contribution is 7.09. The van der Waals surface area contributed by atoms with Crippen LogP contribution in [0.5, 0.6) is 0 Å². The van der Waals surface area contributed by atoms with Crippen LogP contribution in [0.4, 0.5) is 0 Å². The predicted molar refractivity (Wildman–Crippen MR) is 88.1 cm³/mol. The van der Waals surface area contributed by atoms with Gasteiger partial charge in [0.05, 0.1) is 11.7 Å². The second kappa shape index (κ2) is 6.28. The summed E-state index contributed by atoms with van der Waals surface area (Å²) in [6, 6.07) is 0.145. The summed E-state index contributed by atoms with van der Waals surface area (Å²) in [7, 11) is 0. The number of likely N-dealkylation sites (tertiary alicyclic amines) is 1. The van der Waals surface area contributed by atoms with Crippen molar-refractivity contribution in [1.82, 2.24) is 9.88 Å². The van der Waals surface area contributed by atoms with Crippen molar-refractivity contribution in [3.63, 3.8) is 0 Å². The van der Waals surface area contributed by atoms with Crippen molar-refractivity contribution >= 4 is 17.2 Å². The fraction of sp³-hybridized carbons (Fsp3) is 0.765. The minimum absolute atomic E-state index is 0.0623. The molecule has 0 N–H and O–H groups in total. The molecular weight excluding hydrogens is 296 g/mol. The normalized spacial score (nSPS) is 26.4. The van der Waals surface area contributed by atoms with Crippen molar-refractivity contribution in [3.05, 3.63) is 16.1 Å². The van der Waals surface area contributed by atoms with Crippen LogP contribution in [0.1, 0.15) is 69.6 Å². The van der Waals surface area contributed by atoms with Gasteiger partial charge in [-0.1, -0.05) is 20.8 Å². The summed E-state index contributed by atoms with van der Waals surface area (Å²) in [5.41, 5.74) is 1.19. The Morgan fingerprint density at radius 1 is 1.32 bits per heavy atom. The first-order chi connectivity index (χ1) is 10.5. The molecule has 4 nitrogen and oxygen atoms in total. The van der Waals surface area contributed by atoms with Crippen molar-refractivity contribution in [2.75, 3.05) is 13.2 Å². The van der Waals surface area contributed by atoms with E-state index in [0.717, 1.165) is 49.5 Å². The maximum Gasteiger partial charge on any atom is 0.252 e. The zero-order chi connectivity index (χ0) is 15.7. The van der Waals surface area contributed by atoms with Gasteiger partial charge in [-0.25, -0.2) is 4.98 Å². The number of ether oxygens (including phenoxy) is 1. The fourth-order valence-electron chi connectivity index (χ4n) is 3.19. The first-order valence-corrected chi connectivity index (χ1v) is 9.23. The molecule has 1 aromatic rings. The molecule has 1 amide bonds. The van der Waals surface area contributed by atoms with Gasteiger partial charge in [-0.3, -0.25) is 4.79 Å². The molecule has 0 bridgehead atoms. The van der Waals surface area contributed by atoms with E-state index in [1.165, 1.54) is 6.42 Å². The van der Waals surface area contributed by atoms with Crippen LogP contribution >= 0.6 is 11.3 Å². The Morgan fingerprint density at radius 3 is 2.77 bits per heavy atom. The van der Waals surface area contributed by atoms with Crippen LogP contribution in [-0.4, -0.2) is 35.0 Å². The Balaban J connectivity index is 1.80. The van der Waals surface area contributed by atoms with Crippen molar-refractivity contribution < 1.29 is 9.53 Å². The van der Waals surface area contributed by atoms with E-state index in [0.29, 0.717) is 0 Å². The third kappa shape index (κ3) is 3.20. The third-order valence-electron chi connectivity index (χ3n) is 4.57. The van der Waals surface area contributed by atoms with Crippen LogP contribution in [0.2, 0.25) is 0 Å². The van der Waals surface area contributed by atoms with Gasteiger partial charge in [0.2, 0.25) is 0 Å². The number of hydrogen-bond acceptors (Lipinski definition) is 4. The summed E-state index contributed by atoms with van der Waals surface area (Å²) in [6.45, 7) is 8.11. The number of thiazole rings is 1. The number of rotatable bonds is 2. The first-order valence-electron chi connectivity index (χ1n) is 8.35. The smallest absolute Gasteiger partial charge is 0.252 e. The highest BCUT2D eigenvalue weighted by Gasteiger charge is 2.36. The number of carbonyl (C=O) groups is 1. The van der Waals surface area contributed by atoms with Crippen LogP contribution in [0, 0.1) is 0 Å². The van der Waals surface area contributed by atoms with E-state index in [-0.39, 0.29) is 23.5 Å². The molecule has 122 valence electrons. The number of piperidine rings is 1. The average molecular weight is 322 g/mol. The van der Waals surface area contributed by atoms with Gasteiger partial charge in [-0.2, -0.15) is 0 Å². The van der Waals surface area contributed by atoms with Crippen LogP contribution in [0.25, 0.3) is 0 Å². The number of amides is 1. The lowest BCUT2D eigenvalue weighted by molar-refractivity contribution is -0.145.